The molecule has 4 nitrogen and oxygen atoms in total. The molecule has 0 aromatic heterocycles. The van der Waals surface area contributed by atoms with Crippen LogP contribution < -0.4 is 11.1 Å². The zero-order valence-corrected chi connectivity index (χ0v) is 10.4. The molecule has 1 saturated heterocycles. The molecule has 1 fully saturated rings. The van der Waals surface area contributed by atoms with Gasteiger partial charge in [-0.15, -0.1) is 0 Å². The second-order valence-electron chi connectivity index (χ2n) is 4.83. The van der Waals surface area contributed by atoms with Crippen LogP contribution in [0.2, 0.25) is 0 Å². The largest absolute Gasteiger partial charge is 0.345 e. The molecule has 0 radical (unpaired) electrons. The zero-order valence-electron chi connectivity index (χ0n) is 10.4. The van der Waals surface area contributed by atoms with Crippen LogP contribution in [-0.2, 0) is 9.47 Å². The lowest BCUT2D eigenvalue weighted by molar-refractivity contribution is -0.0201. The summed E-state index contributed by atoms with van der Waals surface area (Å²) < 4.78 is 11.6. The minimum absolute atomic E-state index is 0.00264. The van der Waals surface area contributed by atoms with Crippen molar-refractivity contribution in [2.45, 2.75) is 23.3 Å². The smallest absolute Gasteiger partial charge is 0.149 e. The van der Waals surface area contributed by atoms with Crippen LogP contribution in [0.5, 0.6) is 0 Å². The first kappa shape index (κ1) is 11.9. The lowest BCUT2D eigenvalue weighted by Crippen LogP contribution is -2.71. The molecule has 4 atom stereocenters. The van der Waals surface area contributed by atoms with E-state index in [1.165, 1.54) is 0 Å². The molecule has 18 heavy (non-hydrogen) atoms. The predicted octanol–water partition coefficient (Wildman–Crippen LogP) is 0.636. The van der Waals surface area contributed by atoms with Gasteiger partial charge >= 0.3 is 0 Å². The molecule has 4 heteroatoms. The number of likely N-dealkylation sites (N-methyl/N-ethyl adjacent to an activating group) is 1. The summed E-state index contributed by atoms with van der Waals surface area (Å²) in [5.74, 6) is 0. The third-order valence-corrected chi connectivity index (χ3v) is 4.00. The molecule has 0 amide bonds. The molecule has 3 N–H and O–H groups in total. The third-order valence-electron chi connectivity index (χ3n) is 4.00. The van der Waals surface area contributed by atoms with E-state index in [2.05, 4.69) is 11.4 Å². The van der Waals surface area contributed by atoms with Crippen LogP contribution in [0.4, 0.5) is 0 Å². The molecule has 0 aromatic carbocycles. The fourth-order valence-corrected chi connectivity index (χ4v) is 2.99. The van der Waals surface area contributed by atoms with Gasteiger partial charge in [-0.05, 0) is 13.1 Å². The van der Waals surface area contributed by atoms with Crippen LogP contribution in [-0.4, -0.2) is 37.1 Å². The van der Waals surface area contributed by atoms with E-state index in [1.807, 2.05) is 49.6 Å². The highest BCUT2D eigenvalue weighted by atomic mass is 16.7. The molecular weight excluding hydrogens is 228 g/mol. The van der Waals surface area contributed by atoms with Gasteiger partial charge in [0.2, 0.25) is 0 Å². The van der Waals surface area contributed by atoms with Crippen molar-refractivity contribution in [1.29, 1.82) is 0 Å². The molecule has 0 aromatic rings. The van der Waals surface area contributed by atoms with Gasteiger partial charge in [-0.2, -0.15) is 0 Å². The summed E-state index contributed by atoms with van der Waals surface area (Å²) in [6, 6.07) is 0.00264. The van der Waals surface area contributed by atoms with E-state index in [0.717, 1.165) is 0 Å². The van der Waals surface area contributed by atoms with Crippen LogP contribution >= 0.6 is 0 Å². The number of fused-ring (bicyclic) bond motifs is 1. The number of rotatable bonds is 2. The average Bonchev–Trinajstić information content (AvgIpc) is 2.84. The summed E-state index contributed by atoms with van der Waals surface area (Å²) >= 11 is 0. The van der Waals surface area contributed by atoms with E-state index in [0.29, 0.717) is 0 Å². The normalized spacial score (nSPS) is 45.4. The third kappa shape index (κ3) is 1.40. The fourth-order valence-electron chi connectivity index (χ4n) is 2.99. The number of ether oxygens (including phenoxy) is 2. The Balaban J connectivity index is 2.06. The first-order valence-electron chi connectivity index (χ1n) is 6.17. The van der Waals surface area contributed by atoms with Gasteiger partial charge in [0.1, 0.15) is 18.5 Å². The summed E-state index contributed by atoms with van der Waals surface area (Å²) in [7, 11) is 1.90. The second kappa shape index (κ2) is 4.17. The molecule has 1 heterocycles. The van der Waals surface area contributed by atoms with E-state index in [9.17, 15) is 0 Å². The summed E-state index contributed by atoms with van der Waals surface area (Å²) in [4.78, 5) is 0. The van der Waals surface area contributed by atoms with Gasteiger partial charge in [0.25, 0.3) is 0 Å². The first-order chi connectivity index (χ1) is 8.73. The van der Waals surface area contributed by atoms with E-state index in [4.69, 9.17) is 15.2 Å². The van der Waals surface area contributed by atoms with Crippen molar-refractivity contribution in [3.05, 3.63) is 48.6 Å². The first-order valence-corrected chi connectivity index (χ1v) is 6.17. The van der Waals surface area contributed by atoms with Crippen molar-refractivity contribution in [2.75, 3.05) is 13.8 Å². The molecule has 96 valence electrons. The summed E-state index contributed by atoms with van der Waals surface area (Å²) in [5, 5.41) is 3.24. The molecule has 0 spiro atoms. The van der Waals surface area contributed by atoms with Crippen molar-refractivity contribution in [2.24, 2.45) is 5.73 Å². The highest BCUT2D eigenvalue weighted by Crippen LogP contribution is 2.42. The van der Waals surface area contributed by atoms with E-state index in [1.54, 1.807) is 0 Å². The van der Waals surface area contributed by atoms with Crippen LogP contribution in [0.3, 0.4) is 0 Å². The Bertz CT molecular complexity index is 455. The quantitative estimate of drug-likeness (QED) is 0.750. The van der Waals surface area contributed by atoms with Crippen molar-refractivity contribution in [1.82, 2.24) is 5.32 Å². The lowest BCUT2D eigenvalue weighted by atomic mass is 9.68. The molecule has 0 saturated carbocycles. The van der Waals surface area contributed by atoms with Crippen molar-refractivity contribution in [3.8, 4) is 0 Å². The van der Waals surface area contributed by atoms with Crippen LogP contribution in [0.1, 0.15) is 0 Å². The molecule has 1 aliphatic heterocycles. The maximum Gasteiger partial charge on any atom is 0.149 e. The number of hydrogen-bond acceptors (Lipinski definition) is 4. The van der Waals surface area contributed by atoms with Gasteiger partial charge < -0.3 is 20.5 Å². The Labute approximate surface area is 107 Å². The Hall–Kier alpha value is -1.20. The van der Waals surface area contributed by atoms with Crippen molar-refractivity contribution >= 4 is 0 Å². The number of allylic oxidation sites excluding steroid dienone is 4. The average molecular weight is 246 g/mol. The van der Waals surface area contributed by atoms with Gasteiger partial charge in [0.05, 0.1) is 11.6 Å². The fraction of sp³-hybridized carbons (Fsp3) is 0.429. The van der Waals surface area contributed by atoms with Gasteiger partial charge in [0, 0.05) is 0 Å². The lowest BCUT2D eigenvalue weighted by Gasteiger charge is -2.48. The number of nitrogens with one attached hydrogen (secondary N) is 1. The number of nitrogens with two attached hydrogens (primary N) is 1. The molecular formula is C14H18N2O2. The highest BCUT2D eigenvalue weighted by molar-refractivity contribution is 5.41. The molecule has 3 aliphatic rings. The second-order valence-corrected chi connectivity index (χ2v) is 4.83. The van der Waals surface area contributed by atoms with Crippen LogP contribution in [0.15, 0.2) is 48.6 Å². The summed E-state index contributed by atoms with van der Waals surface area (Å²) in [5.41, 5.74) is 5.36. The molecule has 3 rings (SSSR count). The van der Waals surface area contributed by atoms with Gasteiger partial charge in [-0.3, -0.25) is 0 Å². The molecule has 0 bridgehead atoms. The SMILES string of the molecule is CNC1C=CC=CC1(N)C12C=CC=CC1OCO2. The van der Waals surface area contributed by atoms with E-state index >= 15 is 0 Å². The van der Waals surface area contributed by atoms with Gasteiger partial charge in [-0.25, -0.2) is 0 Å². The zero-order chi connectivity index (χ0) is 12.6. The Kier molecular flexibility index (Phi) is 2.75. The summed E-state index contributed by atoms with van der Waals surface area (Å²) in [6.45, 7) is 0.270. The maximum atomic E-state index is 6.67. The van der Waals surface area contributed by atoms with Crippen molar-refractivity contribution in [3.63, 3.8) is 0 Å². The predicted molar refractivity (Wildman–Crippen MR) is 69.9 cm³/mol. The highest BCUT2D eigenvalue weighted by Gasteiger charge is 2.58. The Morgan fingerprint density at radius 2 is 1.94 bits per heavy atom. The Morgan fingerprint density at radius 3 is 2.78 bits per heavy atom. The van der Waals surface area contributed by atoms with E-state index in [-0.39, 0.29) is 18.9 Å². The Morgan fingerprint density at radius 1 is 1.17 bits per heavy atom. The maximum absolute atomic E-state index is 6.67. The number of hydrogen-bond donors (Lipinski definition) is 2. The van der Waals surface area contributed by atoms with Crippen LogP contribution in [0, 0.1) is 0 Å². The monoisotopic (exact) mass is 246 g/mol. The van der Waals surface area contributed by atoms with Crippen molar-refractivity contribution < 1.29 is 9.47 Å². The van der Waals surface area contributed by atoms with Gasteiger partial charge in [0.15, 0.2) is 0 Å². The minimum atomic E-state index is -0.668. The molecule has 2 aliphatic carbocycles. The minimum Gasteiger partial charge on any atom is -0.345 e. The van der Waals surface area contributed by atoms with Crippen LogP contribution in [0.25, 0.3) is 0 Å². The summed E-state index contributed by atoms with van der Waals surface area (Å²) in [6.07, 6.45) is 15.8. The standard InChI is InChI=1S/C14H18N2O2/c1-16-11-6-2-4-8-13(11,15)14-9-5-3-7-12(14)17-10-18-14/h2-9,11-12,16H,10,15H2,1H3. The molecule has 4 unspecified atom stereocenters. The van der Waals surface area contributed by atoms with Gasteiger partial charge in [-0.1, -0.05) is 42.5 Å². The topological polar surface area (TPSA) is 56.5 Å². The van der Waals surface area contributed by atoms with E-state index < -0.39 is 11.1 Å².